The van der Waals surface area contributed by atoms with Crippen LogP contribution in [0.4, 0.5) is 0 Å². The summed E-state index contributed by atoms with van der Waals surface area (Å²) in [6.45, 7) is 9.38. The van der Waals surface area contributed by atoms with Gasteiger partial charge in [0.1, 0.15) is 0 Å². The highest BCUT2D eigenvalue weighted by molar-refractivity contribution is 6.75. The van der Waals surface area contributed by atoms with Crippen molar-refractivity contribution in [3.63, 3.8) is 0 Å². The highest BCUT2D eigenvalue weighted by atomic mass is 28.4. The van der Waals surface area contributed by atoms with Crippen LogP contribution in [0.1, 0.15) is 38.1 Å². The molecule has 0 bridgehead atoms. The number of esters is 1. The van der Waals surface area contributed by atoms with Gasteiger partial charge in [-0.1, -0.05) is 12.1 Å². The van der Waals surface area contributed by atoms with Crippen molar-refractivity contribution in [2.24, 2.45) is 0 Å². The van der Waals surface area contributed by atoms with Gasteiger partial charge < -0.3 is 18.0 Å². The van der Waals surface area contributed by atoms with Crippen molar-refractivity contribution in [2.75, 3.05) is 26.4 Å². The van der Waals surface area contributed by atoms with Gasteiger partial charge in [-0.05, 0) is 39.8 Å². The van der Waals surface area contributed by atoms with E-state index in [2.05, 4.69) is 0 Å². The van der Waals surface area contributed by atoms with Crippen LogP contribution in [0.2, 0.25) is 0 Å². The summed E-state index contributed by atoms with van der Waals surface area (Å²) in [6.07, 6.45) is 0. The number of benzene rings is 1. The second kappa shape index (κ2) is 8.94. The lowest BCUT2D eigenvalue weighted by molar-refractivity contribution is 0.0526. The predicted octanol–water partition coefficient (Wildman–Crippen LogP) is 2.12. The van der Waals surface area contributed by atoms with Crippen molar-refractivity contribution in [1.82, 2.24) is 0 Å². The maximum atomic E-state index is 11.7. The summed E-state index contributed by atoms with van der Waals surface area (Å²) in [5.74, 6) is -0.333. The maximum absolute atomic E-state index is 11.7. The van der Waals surface area contributed by atoms with Gasteiger partial charge in [-0.25, -0.2) is 4.79 Å². The van der Waals surface area contributed by atoms with Gasteiger partial charge in [0, 0.05) is 25.0 Å². The van der Waals surface area contributed by atoms with E-state index in [9.17, 15) is 4.79 Å². The standard InChI is InChI=1S/C15H24O5Si/c1-5-17-15(16)13-9-11-14(12-10-13)21(18-6-2,19-7-3)20-8-4/h9-12H,5-8H2,1-4H3. The van der Waals surface area contributed by atoms with Crippen molar-refractivity contribution < 1.29 is 22.8 Å². The zero-order valence-corrected chi connectivity index (χ0v) is 14.2. The molecule has 0 spiro atoms. The zero-order chi connectivity index (χ0) is 15.7. The topological polar surface area (TPSA) is 54.0 Å². The number of hydrogen-bond acceptors (Lipinski definition) is 5. The molecule has 5 nitrogen and oxygen atoms in total. The summed E-state index contributed by atoms with van der Waals surface area (Å²) in [5, 5.41) is 0.848. The third kappa shape index (κ3) is 4.64. The van der Waals surface area contributed by atoms with Gasteiger partial charge in [-0.3, -0.25) is 0 Å². The Morgan fingerprint density at radius 1 is 0.857 bits per heavy atom. The van der Waals surface area contributed by atoms with Gasteiger partial charge in [0.05, 0.1) is 12.2 Å². The SMILES string of the molecule is CCOC(=O)c1ccc([Si](OCC)(OCC)OCC)cc1. The molecule has 0 aliphatic rings. The summed E-state index contributed by atoms with van der Waals surface area (Å²) in [7, 11) is -2.90. The number of carbonyl (C=O) groups excluding carboxylic acids is 1. The van der Waals surface area contributed by atoms with Gasteiger partial charge >= 0.3 is 14.8 Å². The minimum Gasteiger partial charge on any atom is -0.462 e. The first-order valence-corrected chi connectivity index (χ1v) is 9.05. The van der Waals surface area contributed by atoms with Crippen LogP contribution in [-0.2, 0) is 18.0 Å². The van der Waals surface area contributed by atoms with E-state index in [1.165, 1.54) is 0 Å². The molecule has 118 valence electrons. The van der Waals surface area contributed by atoms with Crippen molar-refractivity contribution in [2.45, 2.75) is 27.7 Å². The highest BCUT2D eigenvalue weighted by Gasteiger charge is 2.43. The second-order valence-corrected chi connectivity index (χ2v) is 6.71. The molecule has 0 saturated heterocycles. The first-order valence-electron chi connectivity index (χ1n) is 7.33. The van der Waals surface area contributed by atoms with E-state index < -0.39 is 8.80 Å². The zero-order valence-electron chi connectivity index (χ0n) is 13.2. The molecule has 0 N–H and O–H groups in total. The average molecular weight is 312 g/mol. The molecule has 1 aromatic carbocycles. The Hall–Kier alpha value is -1.21. The van der Waals surface area contributed by atoms with Crippen molar-refractivity contribution in [3.05, 3.63) is 29.8 Å². The van der Waals surface area contributed by atoms with Crippen LogP contribution < -0.4 is 5.19 Å². The van der Waals surface area contributed by atoms with Crippen LogP contribution in [0, 0.1) is 0 Å². The van der Waals surface area contributed by atoms with Gasteiger partial charge in [0.2, 0.25) is 0 Å². The molecule has 0 aliphatic heterocycles. The molecule has 0 unspecified atom stereocenters. The Bertz CT molecular complexity index is 415. The van der Waals surface area contributed by atoms with Gasteiger partial charge in [0.25, 0.3) is 0 Å². The number of carbonyl (C=O) groups is 1. The molecule has 0 saturated carbocycles. The summed E-state index contributed by atoms with van der Waals surface area (Å²) >= 11 is 0. The lowest BCUT2D eigenvalue weighted by atomic mass is 10.2. The van der Waals surface area contributed by atoms with Crippen LogP contribution in [-0.4, -0.2) is 41.2 Å². The fourth-order valence-electron chi connectivity index (χ4n) is 1.97. The van der Waals surface area contributed by atoms with Crippen LogP contribution >= 0.6 is 0 Å². The summed E-state index contributed by atoms with van der Waals surface area (Å²) in [4.78, 5) is 11.7. The number of rotatable bonds is 9. The Labute approximate surface area is 127 Å². The maximum Gasteiger partial charge on any atom is 0.537 e. The van der Waals surface area contributed by atoms with E-state index in [4.69, 9.17) is 18.0 Å². The molecule has 1 rings (SSSR count). The summed E-state index contributed by atoms with van der Waals surface area (Å²) in [5.41, 5.74) is 0.507. The number of ether oxygens (including phenoxy) is 1. The fourth-order valence-corrected chi connectivity index (χ4v) is 4.43. The Balaban J connectivity index is 3.04. The molecule has 0 radical (unpaired) electrons. The first kappa shape index (κ1) is 17.8. The highest BCUT2D eigenvalue weighted by Crippen LogP contribution is 2.12. The third-order valence-corrected chi connectivity index (χ3v) is 5.80. The van der Waals surface area contributed by atoms with E-state index in [0.29, 0.717) is 32.0 Å². The first-order chi connectivity index (χ1) is 10.1. The lowest BCUT2D eigenvalue weighted by Crippen LogP contribution is -2.56. The smallest absolute Gasteiger partial charge is 0.462 e. The van der Waals surface area contributed by atoms with E-state index in [0.717, 1.165) is 5.19 Å². The number of hydrogen-bond donors (Lipinski definition) is 0. The van der Waals surface area contributed by atoms with Gasteiger partial charge in [-0.2, -0.15) is 0 Å². The summed E-state index contributed by atoms with van der Waals surface area (Å²) < 4.78 is 22.4. The lowest BCUT2D eigenvalue weighted by Gasteiger charge is -2.28. The summed E-state index contributed by atoms with van der Waals surface area (Å²) in [6, 6.07) is 7.07. The monoisotopic (exact) mass is 312 g/mol. The minimum absolute atomic E-state index is 0.333. The van der Waals surface area contributed by atoms with E-state index in [1.807, 2.05) is 32.9 Å². The van der Waals surface area contributed by atoms with Gasteiger partial charge in [-0.15, -0.1) is 0 Å². The average Bonchev–Trinajstić information content (AvgIpc) is 2.48. The van der Waals surface area contributed by atoms with Crippen molar-refractivity contribution in [3.8, 4) is 0 Å². The largest absolute Gasteiger partial charge is 0.537 e. The second-order valence-electron chi connectivity index (χ2n) is 4.15. The van der Waals surface area contributed by atoms with E-state index in [1.54, 1.807) is 19.1 Å². The molecule has 6 heteroatoms. The van der Waals surface area contributed by atoms with E-state index in [-0.39, 0.29) is 5.97 Å². The van der Waals surface area contributed by atoms with Crippen LogP contribution in [0.3, 0.4) is 0 Å². The Morgan fingerprint density at radius 2 is 1.33 bits per heavy atom. The molecular weight excluding hydrogens is 288 g/mol. The van der Waals surface area contributed by atoms with Crippen molar-refractivity contribution >= 4 is 20.0 Å². The van der Waals surface area contributed by atoms with Crippen molar-refractivity contribution in [1.29, 1.82) is 0 Å². The quantitative estimate of drug-likeness (QED) is 0.516. The molecular formula is C15H24O5Si. The molecule has 21 heavy (non-hydrogen) atoms. The predicted molar refractivity (Wildman–Crippen MR) is 82.7 cm³/mol. The molecule has 0 aromatic heterocycles. The van der Waals surface area contributed by atoms with E-state index >= 15 is 0 Å². The Morgan fingerprint density at radius 3 is 1.71 bits per heavy atom. The third-order valence-electron chi connectivity index (χ3n) is 2.75. The molecule has 0 fully saturated rings. The molecule has 0 aliphatic carbocycles. The van der Waals surface area contributed by atoms with Crippen LogP contribution in [0.15, 0.2) is 24.3 Å². The molecule has 0 atom stereocenters. The van der Waals surface area contributed by atoms with Crippen LogP contribution in [0.25, 0.3) is 0 Å². The molecule has 0 heterocycles. The van der Waals surface area contributed by atoms with Crippen LogP contribution in [0.5, 0.6) is 0 Å². The Kier molecular flexibility index (Phi) is 7.59. The normalized spacial score (nSPS) is 11.4. The molecule has 0 amide bonds. The van der Waals surface area contributed by atoms with Gasteiger partial charge in [0.15, 0.2) is 0 Å². The fraction of sp³-hybridized carbons (Fsp3) is 0.533. The minimum atomic E-state index is -2.90. The molecule has 1 aromatic rings.